The normalized spacial score (nSPS) is 39.2. The van der Waals surface area contributed by atoms with Crippen LogP contribution in [0.5, 0.6) is 0 Å². The molecule has 3 fully saturated rings. The Balaban J connectivity index is 1.82. The third kappa shape index (κ3) is 2.47. The Kier molecular flexibility index (Phi) is 4.15. The topological polar surface area (TPSA) is 103 Å². The summed E-state index contributed by atoms with van der Waals surface area (Å²) in [6.45, 7) is 1.61. The minimum absolute atomic E-state index is 0.246. The van der Waals surface area contributed by atoms with Gasteiger partial charge in [0.25, 0.3) is 5.56 Å². The molecule has 25 heavy (non-hydrogen) atoms. The number of alkyl halides is 1. The van der Waals surface area contributed by atoms with Gasteiger partial charge in [-0.2, -0.15) is 0 Å². The average molecular weight is 464 g/mol. The van der Waals surface area contributed by atoms with Crippen LogP contribution in [-0.4, -0.2) is 48.8 Å². The van der Waals surface area contributed by atoms with Gasteiger partial charge in [0, 0.05) is 29.5 Å². The second-order valence-corrected chi connectivity index (χ2v) is 8.01. The van der Waals surface area contributed by atoms with Gasteiger partial charge in [0.15, 0.2) is 12.0 Å². The second-order valence-electron chi connectivity index (χ2n) is 7.25. The van der Waals surface area contributed by atoms with Gasteiger partial charge in [0.05, 0.1) is 6.61 Å². The minimum Gasteiger partial charge on any atom is -0.393 e. The molecule has 3 aliphatic rings. The summed E-state index contributed by atoms with van der Waals surface area (Å²) in [7, 11) is 0. The molecule has 0 aromatic carbocycles. The van der Waals surface area contributed by atoms with Crippen LogP contribution >= 0.6 is 22.6 Å². The highest BCUT2D eigenvalue weighted by Crippen LogP contribution is 2.58. The van der Waals surface area contributed by atoms with Crippen molar-refractivity contribution in [1.82, 2.24) is 9.55 Å². The van der Waals surface area contributed by atoms with Gasteiger partial charge in [-0.3, -0.25) is 14.3 Å². The number of aliphatic hydroxyl groups is 1. The van der Waals surface area contributed by atoms with Crippen molar-refractivity contribution < 1.29 is 19.3 Å². The number of hydrogen-bond acceptors (Lipinski definition) is 6. The first-order chi connectivity index (χ1) is 11.9. The predicted molar refractivity (Wildman–Crippen MR) is 95.7 cm³/mol. The number of nitrogens with zero attached hydrogens (tertiary/aromatic N) is 1. The van der Waals surface area contributed by atoms with Gasteiger partial charge >= 0.3 is 5.69 Å². The number of hydrogen-bond donors (Lipinski definition) is 2. The molecule has 2 aliphatic heterocycles. The lowest BCUT2D eigenvalue weighted by molar-refractivity contribution is -0.247. The molecular weight excluding hydrogens is 443 g/mol. The van der Waals surface area contributed by atoms with Gasteiger partial charge in [-0.25, -0.2) is 4.79 Å². The number of ether oxygens (including phenoxy) is 3. The van der Waals surface area contributed by atoms with E-state index in [1.165, 1.54) is 16.8 Å². The van der Waals surface area contributed by atoms with Crippen molar-refractivity contribution in [3.63, 3.8) is 0 Å². The van der Waals surface area contributed by atoms with Crippen LogP contribution in [0, 0.1) is 0 Å². The maximum Gasteiger partial charge on any atom is 0.330 e. The van der Waals surface area contributed by atoms with E-state index in [4.69, 9.17) is 14.2 Å². The van der Waals surface area contributed by atoms with E-state index in [1.807, 2.05) is 6.92 Å². The summed E-state index contributed by atoms with van der Waals surface area (Å²) < 4.78 is 20.7. The molecule has 1 aromatic heterocycles. The fourth-order valence-electron chi connectivity index (χ4n) is 4.36. The highest BCUT2D eigenvalue weighted by atomic mass is 127. The zero-order valence-corrected chi connectivity index (χ0v) is 16.0. The molecule has 1 saturated carbocycles. The molecule has 4 atom stereocenters. The fraction of sp³-hybridized carbons (Fsp3) is 0.750. The van der Waals surface area contributed by atoms with Gasteiger partial charge in [0.1, 0.15) is 17.3 Å². The van der Waals surface area contributed by atoms with Crippen molar-refractivity contribution in [2.75, 3.05) is 11.0 Å². The quantitative estimate of drug-likeness (QED) is 0.504. The maximum absolute atomic E-state index is 12.3. The van der Waals surface area contributed by atoms with Crippen molar-refractivity contribution in [1.29, 1.82) is 0 Å². The number of aromatic amines is 1. The molecule has 0 unspecified atom stereocenters. The predicted octanol–water partition coefficient (Wildman–Crippen LogP) is 0.676. The number of aromatic nitrogens is 2. The fourth-order valence-corrected chi connectivity index (χ4v) is 5.18. The first kappa shape index (κ1) is 17.7. The molecule has 9 heteroatoms. The van der Waals surface area contributed by atoms with Crippen LogP contribution in [0.3, 0.4) is 0 Å². The monoisotopic (exact) mass is 464 g/mol. The van der Waals surface area contributed by atoms with Crippen LogP contribution in [0.25, 0.3) is 0 Å². The number of fused-ring (bicyclic) bond motifs is 1. The summed E-state index contributed by atoms with van der Waals surface area (Å²) in [6.07, 6.45) is 3.70. The zero-order valence-electron chi connectivity index (χ0n) is 13.9. The van der Waals surface area contributed by atoms with E-state index in [0.717, 1.165) is 25.7 Å². The summed E-state index contributed by atoms with van der Waals surface area (Å²) >= 11 is 2.15. The van der Waals surface area contributed by atoms with Crippen LogP contribution in [0.1, 0.15) is 38.8 Å². The lowest BCUT2D eigenvalue weighted by atomic mass is 9.89. The maximum atomic E-state index is 12.3. The van der Waals surface area contributed by atoms with Crippen LogP contribution in [0.4, 0.5) is 0 Å². The van der Waals surface area contributed by atoms with Gasteiger partial charge < -0.3 is 19.3 Å². The van der Waals surface area contributed by atoms with Gasteiger partial charge in [-0.15, -0.1) is 0 Å². The molecule has 1 aliphatic carbocycles. The SMILES string of the molecule is C[C@@]12OC3(CCCC3)O[C@@H]1[C@](CO)(CI)O[C@H]2n1ccc(=O)[nH]c1=O. The van der Waals surface area contributed by atoms with E-state index < -0.39 is 40.6 Å². The Morgan fingerprint density at radius 1 is 1.36 bits per heavy atom. The molecule has 0 radical (unpaired) electrons. The van der Waals surface area contributed by atoms with E-state index in [2.05, 4.69) is 27.6 Å². The number of aliphatic hydroxyl groups excluding tert-OH is 1. The molecule has 2 saturated heterocycles. The first-order valence-corrected chi connectivity index (χ1v) is 9.95. The number of H-pyrrole nitrogens is 1. The summed E-state index contributed by atoms with van der Waals surface area (Å²) in [5.74, 6) is -0.681. The Bertz CT molecular complexity index is 781. The van der Waals surface area contributed by atoms with Crippen molar-refractivity contribution in [2.24, 2.45) is 0 Å². The standard InChI is InChI=1S/C16H21IN2O6/c1-14-11(23-16(25-14)5-2-3-6-16)15(8-17,9-20)24-12(14)19-7-4-10(21)18-13(19)22/h4,7,11-12,20H,2-3,5-6,8-9H2,1H3,(H,18,21,22)/t11-,12+,14+,15+/m0/s1. The highest BCUT2D eigenvalue weighted by molar-refractivity contribution is 14.1. The Hall–Kier alpha value is -0.750. The van der Waals surface area contributed by atoms with Crippen LogP contribution in [0.2, 0.25) is 0 Å². The minimum atomic E-state index is -0.971. The van der Waals surface area contributed by atoms with Crippen molar-refractivity contribution in [3.8, 4) is 0 Å². The van der Waals surface area contributed by atoms with E-state index in [-0.39, 0.29) is 6.61 Å². The first-order valence-electron chi connectivity index (χ1n) is 8.42. The smallest absolute Gasteiger partial charge is 0.330 e. The second kappa shape index (κ2) is 5.88. The van der Waals surface area contributed by atoms with Crippen LogP contribution < -0.4 is 11.2 Å². The third-order valence-electron chi connectivity index (χ3n) is 5.54. The van der Waals surface area contributed by atoms with E-state index in [1.54, 1.807) is 0 Å². The lowest BCUT2D eigenvalue weighted by Crippen LogP contribution is -2.51. The summed E-state index contributed by atoms with van der Waals surface area (Å²) in [4.78, 5) is 26.0. The molecular formula is C16H21IN2O6. The highest BCUT2D eigenvalue weighted by Gasteiger charge is 2.71. The van der Waals surface area contributed by atoms with Crippen molar-refractivity contribution >= 4 is 22.6 Å². The Morgan fingerprint density at radius 2 is 2.08 bits per heavy atom. The third-order valence-corrected chi connectivity index (χ3v) is 6.83. The van der Waals surface area contributed by atoms with Gasteiger partial charge in [-0.1, -0.05) is 22.6 Å². The Labute approximate surface area is 157 Å². The number of rotatable bonds is 3. The molecule has 3 heterocycles. The number of nitrogens with one attached hydrogen (secondary N) is 1. The van der Waals surface area contributed by atoms with E-state index >= 15 is 0 Å². The Morgan fingerprint density at radius 3 is 2.68 bits per heavy atom. The molecule has 0 bridgehead atoms. The van der Waals surface area contributed by atoms with Gasteiger partial charge in [0.2, 0.25) is 0 Å². The molecule has 8 nitrogen and oxygen atoms in total. The summed E-state index contributed by atoms with van der Waals surface area (Å²) in [6, 6.07) is 1.27. The van der Waals surface area contributed by atoms with Crippen LogP contribution in [0.15, 0.2) is 21.9 Å². The molecule has 138 valence electrons. The van der Waals surface area contributed by atoms with Crippen molar-refractivity contribution in [3.05, 3.63) is 33.1 Å². The van der Waals surface area contributed by atoms with E-state index in [0.29, 0.717) is 4.43 Å². The molecule has 1 aromatic rings. The van der Waals surface area contributed by atoms with Crippen molar-refractivity contribution in [2.45, 2.75) is 61.9 Å². The summed E-state index contributed by atoms with van der Waals surface area (Å²) in [5.41, 5.74) is -2.96. The number of halogens is 1. The molecule has 2 N–H and O–H groups in total. The molecule has 0 amide bonds. The zero-order chi connectivity index (χ0) is 17.9. The summed E-state index contributed by atoms with van der Waals surface area (Å²) in [5, 5.41) is 10.1. The largest absolute Gasteiger partial charge is 0.393 e. The average Bonchev–Trinajstić information content (AvgIpc) is 3.21. The molecule has 4 rings (SSSR count). The van der Waals surface area contributed by atoms with E-state index in [9.17, 15) is 14.7 Å². The van der Waals surface area contributed by atoms with Crippen LogP contribution in [-0.2, 0) is 14.2 Å². The van der Waals surface area contributed by atoms with Gasteiger partial charge in [-0.05, 0) is 19.8 Å². The lowest BCUT2D eigenvalue weighted by Gasteiger charge is -2.33. The molecule has 1 spiro atoms.